The minimum absolute atomic E-state index is 0.0725. The van der Waals surface area contributed by atoms with Gasteiger partial charge in [-0.2, -0.15) is 0 Å². The van der Waals surface area contributed by atoms with Crippen molar-refractivity contribution < 1.29 is 9.53 Å². The summed E-state index contributed by atoms with van der Waals surface area (Å²) in [5, 5.41) is 11.5. The zero-order chi connectivity index (χ0) is 20.1. The summed E-state index contributed by atoms with van der Waals surface area (Å²) < 4.78 is 7.27. The summed E-state index contributed by atoms with van der Waals surface area (Å²) in [6.07, 6.45) is 1.66. The van der Waals surface area contributed by atoms with Gasteiger partial charge < -0.3 is 15.0 Å². The molecule has 8 heteroatoms. The third-order valence-corrected chi connectivity index (χ3v) is 5.77. The maximum absolute atomic E-state index is 12.7. The fourth-order valence-corrected chi connectivity index (χ4v) is 3.95. The first-order valence-corrected chi connectivity index (χ1v) is 10.4. The number of amides is 1. The molecule has 0 saturated carbocycles. The van der Waals surface area contributed by atoms with Crippen LogP contribution in [0, 0.1) is 0 Å². The van der Waals surface area contributed by atoms with Crippen molar-refractivity contribution in [2.75, 3.05) is 36.5 Å². The van der Waals surface area contributed by atoms with Gasteiger partial charge in [0.15, 0.2) is 5.16 Å². The molecule has 3 aromatic rings. The van der Waals surface area contributed by atoms with E-state index in [0.29, 0.717) is 5.16 Å². The number of carbonyl (C=O) groups excluding carboxylic acids is 1. The van der Waals surface area contributed by atoms with Gasteiger partial charge in [-0.05, 0) is 43.3 Å². The van der Waals surface area contributed by atoms with E-state index >= 15 is 0 Å². The van der Waals surface area contributed by atoms with E-state index in [1.165, 1.54) is 11.8 Å². The Hall–Kier alpha value is -2.84. The predicted molar refractivity (Wildman–Crippen MR) is 115 cm³/mol. The maximum atomic E-state index is 12.7. The number of rotatable bonds is 6. The van der Waals surface area contributed by atoms with Crippen molar-refractivity contribution in [3.8, 4) is 5.69 Å². The van der Waals surface area contributed by atoms with Crippen LogP contribution >= 0.6 is 11.8 Å². The molecule has 4 rings (SSSR count). The maximum Gasteiger partial charge on any atom is 0.237 e. The van der Waals surface area contributed by atoms with Gasteiger partial charge in [-0.15, -0.1) is 10.2 Å². The lowest BCUT2D eigenvalue weighted by Gasteiger charge is -2.28. The van der Waals surface area contributed by atoms with Crippen LogP contribution in [0.2, 0.25) is 0 Å². The number of thioether (sulfide) groups is 1. The molecule has 150 valence electrons. The van der Waals surface area contributed by atoms with Gasteiger partial charge in [0.1, 0.15) is 6.33 Å². The van der Waals surface area contributed by atoms with Gasteiger partial charge in [0.05, 0.1) is 18.5 Å². The number of nitrogens with one attached hydrogen (secondary N) is 1. The summed E-state index contributed by atoms with van der Waals surface area (Å²) >= 11 is 1.38. The first-order valence-electron chi connectivity index (χ1n) is 9.56. The van der Waals surface area contributed by atoms with Crippen LogP contribution in [-0.4, -0.2) is 52.2 Å². The van der Waals surface area contributed by atoms with Crippen molar-refractivity contribution in [3.63, 3.8) is 0 Å². The Morgan fingerprint density at radius 3 is 2.52 bits per heavy atom. The molecule has 1 N–H and O–H groups in total. The Balaban J connectivity index is 1.37. The summed E-state index contributed by atoms with van der Waals surface area (Å²) in [6.45, 7) is 5.15. The molecule has 0 spiro atoms. The highest BCUT2D eigenvalue weighted by atomic mass is 32.2. The van der Waals surface area contributed by atoms with E-state index in [9.17, 15) is 4.79 Å². The van der Waals surface area contributed by atoms with E-state index in [1.54, 1.807) is 6.33 Å². The van der Waals surface area contributed by atoms with Gasteiger partial charge in [0, 0.05) is 30.2 Å². The number of para-hydroxylation sites is 1. The normalized spacial score (nSPS) is 15.1. The number of aromatic nitrogens is 3. The van der Waals surface area contributed by atoms with E-state index in [0.717, 1.165) is 43.4 Å². The molecule has 0 radical (unpaired) electrons. The van der Waals surface area contributed by atoms with Crippen LogP contribution in [0.3, 0.4) is 0 Å². The van der Waals surface area contributed by atoms with Gasteiger partial charge in [-0.1, -0.05) is 30.0 Å². The van der Waals surface area contributed by atoms with Crippen LogP contribution in [-0.2, 0) is 9.53 Å². The molecule has 1 fully saturated rings. The number of anilines is 2. The van der Waals surface area contributed by atoms with E-state index in [2.05, 4.69) is 20.4 Å². The molecule has 1 aromatic heterocycles. The van der Waals surface area contributed by atoms with Crippen LogP contribution in [0.15, 0.2) is 66.1 Å². The van der Waals surface area contributed by atoms with Crippen molar-refractivity contribution in [1.82, 2.24) is 14.8 Å². The number of morpholine rings is 1. The minimum Gasteiger partial charge on any atom is -0.378 e. The average Bonchev–Trinajstić information content (AvgIpc) is 3.23. The summed E-state index contributed by atoms with van der Waals surface area (Å²) in [5.41, 5.74) is 2.89. The SMILES string of the molecule is C[C@H](Sc1nncn1-c1ccccc1)C(=O)Nc1ccc(N2CCOCC2)cc1. The molecule has 0 unspecified atom stereocenters. The Bertz CT molecular complexity index is 939. The van der Waals surface area contributed by atoms with Crippen molar-refractivity contribution in [1.29, 1.82) is 0 Å². The Morgan fingerprint density at radius 2 is 1.79 bits per heavy atom. The molecule has 1 aliphatic rings. The second kappa shape index (κ2) is 9.11. The molecule has 1 atom stereocenters. The molecule has 1 saturated heterocycles. The monoisotopic (exact) mass is 409 g/mol. The van der Waals surface area contributed by atoms with E-state index in [-0.39, 0.29) is 11.2 Å². The highest BCUT2D eigenvalue weighted by molar-refractivity contribution is 8.00. The smallest absolute Gasteiger partial charge is 0.237 e. The quantitative estimate of drug-likeness (QED) is 0.631. The highest BCUT2D eigenvalue weighted by Gasteiger charge is 2.19. The molecule has 2 heterocycles. The van der Waals surface area contributed by atoms with E-state index < -0.39 is 0 Å². The van der Waals surface area contributed by atoms with Crippen molar-refractivity contribution in [2.24, 2.45) is 0 Å². The van der Waals surface area contributed by atoms with E-state index in [1.807, 2.05) is 66.1 Å². The lowest BCUT2D eigenvalue weighted by molar-refractivity contribution is -0.115. The van der Waals surface area contributed by atoms with Crippen LogP contribution in [0.5, 0.6) is 0 Å². The third-order valence-electron chi connectivity index (χ3n) is 4.71. The second-order valence-electron chi connectivity index (χ2n) is 6.71. The number of benzene rings is 2. The highest BCUT2D eigenvalue weighted by Crippen LogP contribution is 2.25. The molecule has 1 amide bonds. The Morgan fingerprint density at radius 1 is 1.07 bits per heavy atom. The molecule has 29 heavy (non-hydrogen) atoms. The first kappa shape index (κ1) is 19.5. The minimum atomic E-state index is -0.319. The lowest BCUT2D eigenvalue weighted by atomic mass is 10.2. The lowest BCUT2D eigenvalue weighted by Crippen LogP contribution is -2.36. The molecule has 0 aliphatic carbocycles. The van der Waals surface area contributed by atoms with Crippen LogP contribution in [0.1, 0.15) is 6.92 Å². The van der Waals surface area contributed by atoms with Gasteiger partial charge in [-0.25, -0.2) is 0 Å². The molecular formula is C21H23N5O2S. The van der Waals surface area contributed by atoms with Crippen LogP contribution in [0.25, 0.3) is 5.69 Å². The van der Waals surface area contributed by atoms with Gasteiger partial charge in [-0.3, -0.25) is 9.36 Å². The standard InChI is InChI=1S/C21H23N5O2S/c1-16(29-21-24-22-15-26(21)19-5-3-2-4-6-19)20(27)23-17-7-9-18(10-8-17)25-11-13-28-14-12-25/h2-10,15-16H,11-14H2,1H3,(H,23,27)/t16-/m0/s1. The van der Waals surface area contributed by atoms with Gasteiger partial charge in [0.2, 0.25) is 5.91 Å². The van der Waals surface area contributed by atoms with Crippen molar-refractivity contribution in [2.45, 2.75) is 17.3 Å². The second-order valence-corrected chi connectivity index (χ2v) is 8.02. The van der Waals surface area contributed by atoms with E-state index in [4.69, 9.17) is 4.74 Å². The third kappa shape index (κ3) is 4.78. The number of hydrogen-bond acceptors (Lipinski definition) is 6. The van der Waals surface area contributed by atoms with Gasteiger partial charge >= 0.3 is 0 Å². The average molecular weight is 410 g/mol. The number of hydrogen-bond donors (Lipinski definition) is 1. The van der Waals surface area contributed by atoms with Gasteiger partial charge in [0.25, 0.3) is 0 Å². The Labute approximate surface area is 174 Å². The summed E-state index contributed by atoms with van der Waals surface area (Å²) in [4.78, 5) is 14.9. The predicted octanol–water partition coefficient (Wildman–Crippen LogP) is 3.22. The fraction of sp³-hybridized carbons (Fsp3) is 0.286. The topological polar surface area (TPSA) is 72.3 Å². The largest absolute Gasteiger partial charge is 0.378 e. The summed E-state index contributed by atoms with van der Waals surface area (Å²) in [6, 6.07) is 17.8. The first-order chi connectivity index (χ1) is 14.2. The molecule has 7 nitrogen and oxygen atoms in total. The number of carbonyl (C=O) groups is 1. The van der Waals surface area contributed by atoms with Crippen LogP contribution in [0.4, 0.5) is 11.4 Å². The van der Waals surface area contributed by atoms with Crippen molar-refractivity contribution >= 4 is 29.0 Å². The number of ether oxygens (including phenoxy) is 1. The molecule has 2 aromatic carbocycles. The Kier molecular flexibility index (Phi) is 6.12. The van der Waals surface area contributed by atoms with Crippen LogP contribution < -0.4 is 10.2 Å². The molecular weight excluding hydrogens is 386 g/mol. The zero-order valence-corrected chi connectivity index (χ0v) is 17.0. The summed E-state index contributed by atoms with van der Waals surface area (Å²) in [7, 11) is 0. The summed E-state index contributed by atoms with van der Waals surface area (Å²) in [5.74, 6) is -0.0725. The zero-order valence-electron chi connectivity index (χ0n) is 16.2. The molecule has 1 aliphatic heterocycles. The molecule has 0 bridgehead atoms. The fourth-order valence-electron chi connectivity index (χ4n) is 3.10. The number of nitrogens with zero attached hydrogens (tertiary/aromatic N) is 4. The van der Waals surface area contributed by atoms with Crippen molar-refractivity contribution in [3.05, 3.63) is 60.9 Å².